The summed E-state index contributed by atoms with van der Waals surface area (Å²) in [5.41, 5.74) is 0.254. The Morgan fingerprint density at radius 3 is 2.75 bits per heavy atom. The summed E-state index contributed by atoms with van der Waals surface area (Å²) in [6.45, 7) is 0.600. The van der Waals surface area contributed by atoms with Crippen LogP contribution in [0.3, 0.4) is 0 Å². The van der Waals surface area contributed by atoms with Gasteiger partial charge in [-0.1, -0.05) is 12.8 Å². The van der Waals surface area contributed by atoms with Crippen LogP contribution in [-0.2, 0) is 0 Å². The molecule has 1 saturated carbocycles. The Hall–Kier alpha value is -2.24. The molecule has 0 heterocycles. The van der Waals surface area contributed by atoms with Crippen LogP contribution in [0.4, 0.5) is 10.5 Å². The number of anilines is 1. The second-order valence-corrected chi connectivity index (χ2v) is 4.83. The zero-order chi connectivity index (χ0) is 14.5. The van der Waals surface area contributed by atoms with Crippen molar-refractivity contribution in [2.45, 2.75) is 19.3 Å². The minimum Gasteiger partial charge on any atom is -0.497 e. The van der Waals surface area contributed by atoms with E-state index in [1.807, 2.05) is 0 Å². The summed E-state index contributed by atoms with van der Waals surface area (Å²) < 4.78 is 5.03. The molecule has 2 amide bonds. The Morgan fingerprint density at radius 1 is 1.40 bits per heavy atom. The average Bonchev–Trinajstić information content (AvgIpc) is 3.22. The number of urea groups is 1. The van der Waals surface area contributed by atoms with Crippen LogP contribution in [-0.4, -0.2) is 30.8 Å². The Bertz CT molecular complexity index is 512. The standard InChI is InChI=1S/C14H18N2O4/c1-20-10-4-5-11(13(17)18)12(8-10)16-14(19)15-7-6-9-2-3-9/h4-5,8-9H,2-3,6-7H2,1H3,(H,17,18)(H2,15,16,19). The molecule has 1 aliphatic carbocycles. The van der Waals surface area contributed by atoms with Crippen LogP contribution in [0.25, 0.3) is 0 Å². The number of carboxylic acid groups (broad SMARTS) is 1. The van der Waals surface area contributed by atoms with E-state index in [4.69, 9.17) is 9.84 Å². The molecule has 1 aliphatic rings. The number of methoxy groups -OCH3 is 1. The lowest BCUT2D eigenvalue weighted by Crippen LogP contribution is -2.30. The van der Waals surface area contributed by atoms with E-state index in [9.17, 15) is 9.59 Å². The fourth-order valence-corrected chi connectivity index (χ4v) is 1.90. The maximum absolute atomic E-state index is 11.7. The quantitative estimate of drug-likeness (QED) is 0.745. The molecule has 1 aromatic carbocycles. The first-order valence-electron chi connectivity index (χ1n) is 6.56. The van der Waals surface area contributed by atoms with Gasteiger partial charge in [0.25, 0.3) is 0 Å². The summed E-state index contributed by atoms with van der Waals surface area (Å²) in [5, 5.41) is 14.4. The van der Waals surface area contributed by atoms with E-state index in [0.29, 0.717) is 12.3 Å². The van der Waals surface area contributed by atoms with Crippen LogP contribution in [0.1, 0.15) is 29.6 Å². The second kappa shape index (κ2) is 6.27. The number of ether oxygens (including phenoxy) is 1. The van der Waals surface area contributed by atoms with E-state index < -0.39 is 12.0 Å². The lowest BCUT2D eigenvalue weighted by atomic mass is 10.1. The summed E-state index contributed by atoms with van der Waals surface area (Å²) in [5.74, 6) is 0.130. The van der Waals surface area contributed by atoms with Gasteiger partial charge >= 0.3 is 12.0 Å². The zero-order valence-electron chi connectivity index (χ0n) is 11.3. The number of carbonyl (C=O) groups is 2. The van der Waals surface area contributed by atoms with E-state index in [1.54, 1.807) is 6.07 Å². The van der Waals surface area contributed by atoms with Gasteiger partial charge in [-0.15, -0.1) is 0 Å². The largest absolute Gasteiger partial charge is 0.497 e. The molecule has 0 bridgehead atoms. The number of amides is 2. The fraction of sp³-hybridized carbons (Fsp3) is 0.429. The highest BCUT2D eigenvalue weighted by molar-refractivity contribution is 6.00. The van der Waals surface area contributed by atoms with E-state index >= 15 is 0 Å². The van der Waals surface area contributed by atoms with E-state index in [-0.39, 0.29) is 11.3 Å². The first-order valence-corrected chi connectivity index (χ1v) is 6.56. The molecule has 1 fully saturated rings. The van der Waals surface area contributed by atoms with Gasteiger partial charge in [-0.3, -0.25) is 0 Å². The number of rotatable bonds is 6. The molecule has 0 aliphatic heterocycles. The van der Waals surface area contributed by atoms with Crippen molar-refractivity contribution in [3.05, 3.63) is 23.8 Å². The molecular formula is C14H18N2O4. The molecule has 20 heavy (non-hydrogen) atoms. The Balaban J connectivity index is 1.97. The van der Waals surface area contributed by atoms with Gasteiger partial charge in [-0.2, -0.15) is 0 Å². The lowest BCUT2D eigenvalue weighted by molar-refractivity contribution is 0.0698. The van der Waals surface area contributed by atoms with Gasteiger partial charge in [0.05, 0.1) is 18.4 Å². The van der Waals surface area contributed by atoms with Crippen molar-refractivity contribution in [3.63, 3.8) is 0 Å². The van der Waals surface area contributed by atoms with Crippen molar-refractivity contribution in [1.29, 1.82) is 0 Å². The van der Waals surface area contributed by atoms with Crippen molar-refractivity contribution in [1.82, 2.24) is 5.32 Å². The Morgan fingerprint density at radius 2 is 2.15 bits per heavy atom. The van der Waals surface area contributed by atoms with Gasteiger partial charge in [-0.05, 0) is 24.5 Å². The summed E-state index contributed by atoms with van der Waals surface area (Å²) in [6, 6.07) is 4.03. The van der Waals surface area contributed by atoms with E-state index in [0.717, 1.165) is 12.3 Å². The minimum absolute atomic E-state index is 0.0307. The molecule has 0 radical (unpaired) electrons. The normalized spacial score (nSPS) is 13.7. The third-order valence-corrected chi connectivity index (χ3v) is 3.24. The number of hydrogen-bond acceptors (Lipinski definition) is 3. The summed E-state index contributed by atoms with van der Waals surface area (Å²) in [6.07, 6.45) is 3.45. The molecule has 0 saturated heterocycles. The summed E-state index contributed by atoms with van der Waals surface area (Å²) in [7, 11) is 1.48. The van der Waals surface area contributed by atoms with Crippen LogP contribution in [0, 0.1) is 5.92 Å². The van der Waals surface area contributed by atoms with E-state index in [1.165, 1.54) is 32.1 Å². The maximum atomic E-state index is 11.7. The van der Waals surface area contributed by atoms with Gasteiger partial charge in [0.2, 0.25) is 0 Å². The number of hydrogen-bond donors (Lipinski definition) is 3. The third-order valence-electron chi connectivity index (χ3n) is 3.24. The first kappa shape index (κ1) is 14.2. The lowest BCUT2D eigenvalue weighted by Gasteiger charge is -2.11. The highest BCUT2D eigenvalue weighted by Crippen LogP contribution is 2.31. The molecule has 0 aromatic heterocycles. The fourth-order valence-electron chi connectivity index (χ4n) is 1.90. The monoisotopic (exact) mass is 278 g/mol. The smallest absolute Gasteiger partial charge is 0.337 e. The van der Waals surface area contributed by atoms with E-state index in [2.05, 4.69) is 10.6 Å². The number of nitrogens with one attached hydrogen (secondary N) is 2. The van der Waals surface area contributed by atoms with Crippen LogP contribution in [0.2, 0.25) is 0 Å². The second-order valence-electron chi connectivity index (χ2n) is 4.83. The minimum atomic E-state index is -1.10. The molecule has 1 aromatic rings. The van der Waals surface area contributed by atoms with Gasteiger partial charge in [0.15, 0.2) is 0 Å². The molecular weight excluding hydrogens is 260 g/mol. The van der Waals surface area contributed by atoms with Crippen molar-refractivity contribution in [3.8, 4) is 5.75 Å². The van der Waals surface area contributed by atoms with Crippen LogP contribution < -0.4 is 15.4 Å². The van der Waals surface area contributed by atoms with Crippen molar-refractivity contribution in [2.24, 2.45) is 5.92 Å². The topological polar surface area (TPSA) is 87.7 Å². The molecule has 0 atom stereocenters. The van der Waals surface area contributed by atoms with Crippen molar-refractivity contribution in [2.75, 3.05) is 19.0 Å². The molecule has 108 valence electrons. The van der Waals surface area contributed by atoms with Crippen LogP contribution >= 0.6 is 0 Å². The predicted molar refractivity (Wildman–Crippen MR) is 74.3 cm³/mol. The van der Waals surface area contributed by atoms with Crippen molar-refractivity contribution >= 4 is 17.7 Å². The summed E-state index contributed by atoms with van der Waals surface area (Å²) in [4.78, 5) is 22.8. The van der Waals surface area contributed by atoms with Gasteiger partial charge < -0.3 is 20.5 Å². The maximum Gasteiger partial charge on any atom is 0.337 e. The molecule has 6 heteroatoms. The SMILES string of the molecule is COc1ccc(C(=O)O)c(NC(=O)NCCC2CC2)c1. The number of aromatic carboxylic acids is 1. The number of benzene rings is 1. The number of carboxylic acids is 1. The average molecular weight is 278 g/mol. The highest BCUT2D eigenvalue weighted by atomic mass is 16.5. The van der Waals surface area contributed by atoms with Crippen LogP contribution in [0.15, 0.2) is 18.2 Å². The Labute approximate surface area is 117 Å². The number of carbonyl (C=O) groups excluding carboxylic acids is 1. The highest BCUT2D eigenvalue weighted by Gasteiger charge is 2.20. The van der Waals surface area contributed by atoms with Gasteiger partial charge in [0, 0.05) is 12.6 Å². The predicted octanol–water partition coefficient (Wildman–Crippen LogP) is 2.32. The molecule has 0 spiro atoms. The third kappa shape index (κ3) is 3.88. The Kier molecular flexibility index (Phi) is 4.45. The van der Waals surface area contributed by atoms with Crippen molar-refractivity contribution < 1.29 is 19.4 Å². The molecule has 2 rings (SSSR count). The van der Waals surface area contributed by atoms with Crippen LogP contribution in [0.5, 0.6) is 5.75 Å². The molecule has 0 unspecified atom stereocenters. The molecule has 3 N–H and O–H groups in total. The first-order chi connectivity index (χ1) is 9.60. The molecule has 6 nitrogen and oxygen atoms in total. The van der Waals surface area contributed by atoms with Gasteiger partial charge in [0.1, 0.15) is 5.75 Å². The summed E-state index contributed by atoms with van der Waals surface area (Å²) >= 11 is 0. The van der Waals surface area contributed by atoms with Gasteiger partial charge in [-0.25, -0.2) is 9.59 Å². The zero-order valence-corrected chi connectivity index (χ0v) is 11.3.